The van der Waals surface area contributed by atoms with Gasteiger partial charge in [-0.2, -0.15) is 0 Å². The third-order valence-electron chi connectivity index (χ3n) is 2.06. The zero-order valence-electron chi connectivity index (χ0n) is 7.02. The van der Waals surface area contributed by atoms with E-state index in [1.54, 1.807) is 0 Å². The van der Waals surface area contributed by atoms with E-state index in [0.29, 0.717) is 0 Å². The quantitative estimate of drug-likeness (QED) is 0.332. The smallest absolute Gasteiger partial charge is 0.261 e. The van der Waals surface area contributed by atoms with Crippen LogP contribution < -0.4 is 11.7 Å². The van der Waals surface area contributed by atoms with Gasteiger partial charge in [-0.3, -0.25) is 19.6 Å². The summed E-state index contributed by atoms with van der Waals surface area (Å²) >= 11 is 0. The minimum atomic E-state index is -0.668. The number of hydrazine groups is 2. The van der Waals surface area contributed by atoms with Gasteiger partial charge >= 0.3 is 0 Å². The molecule has 0 spiro atoms. The second-order valence-corrected chi connectivity index (χ2v) is 2.84. The number of nitrogens with zero attached hydrogens (tertiary/aromatic N) is 2. The minimum absolute atomic E-state index is 0.343. The molecule has 1 rings (SSSR count). The average Bonchev–Trinajstić information content (AvgIpc) is 2.08. The minimum Gasteiger partial charge on any atom is -0.271 e. The van der Waals surface area contributed by atoms with Crippen LogP contribution in [-0.2, 0) is 9.59 Å². The third kappa shape index (κ3) is 1.05. The molecule has 6 heteroatoms. The van der Waals surface area contributed by atoms with E-state index in [1.807, 2.05) is 0 Å². The van der Waals surface area contributed by atoms with Gasteiger partial charge in [0.1, 0.15) is 12.1 Å². The van der Waals surface area contributed by atoms with Gasteiger partial charge in [-0.1, -0.05) is 0 Å². The zero-order chi connectivity index (χ0) is 9.46. The van der Waals surface area contributed by atoms with Crippen LogP contribution in [-0.4, -0.2) is 33.9 Å². The summed E-state index contributed by atoms with van der Waals surface area (Å²) in [5.41, 5.74) is 0. The maximum absolute atomic E-state index is 11.2. The van der Waals surface area contributed by atoms with Gasteiger partial charge in [0, 0.05) is 0 Å². The molecule has 1 heterocycles. The number of amides is 2. The lowest BCUT2D eigenvalue weighted by molar-refractivity contribution is -0.160. The highest BCUT2D eigenvalue weighted by molar-refractivity contribution is 5.95. The molecular weight excluding hydrogens is 160 g/mol. The summed E-state index contributed by atoms with van der Waals surface area (Å²) in [5.74, 6) is 10.0. The van der Waals surface area contributed by atoms with Gasteiger partial charge in [-0.25, -0.2) is 11.7 Å². The lowest BCUT2D eigenvalue weighted by atomic mass is 10.1. The van der Waals surface area contributed by atoms with Crippen LogP contribution in [0.4, 0.5) is 0 Å². The molecular formula is C6H12N4O2. The fourth-order valence-corrected chi connectivity index (χ4v) is 1.05. The molecule has 0 bridgehead atoms. The Labute approximate surface area is 70.0 Å². The van der Waals surface area contributed by atoms with Gasteiger partial charge in [-0.05, 0) is 13.8 Å². The van der Waals surface area contributed by atoms with E-state index in [9.17, 15) is 9.59 Å². The first-order valence-corrected chi connectivity index (χ1v) is 3.62. The Morgan fingerprint density at radius 2 is 1.25 bits per heavy atom. The molecule has 0 aliphatic carbocycles. The lowest BCUT2D eigenvalue weighted by Crippen LogP contribution is -2.67. The van der Waals surface area contributed by atoms with Crippen LogP contribution in [0.1, 0.15) is 13.8 Å². The molecule has 12 heavy (non-hydrogen) atoms. The van der Waals surface area contributed by atoms with Crippen molar-refractivity contribution >= 4 is 11.8 Å². The molecule has 0 aromatic carbocycles. The normalized spacial score (nSPS) is 31.3. The fourth-order valence-electron chi connectivity index (χ4n) is 1.05. The van der Waals surface area contributed by atoms with E-state index in [0.717, 1.165) is 10.0 Å². The van der Waals surface area contributed by atoms with Crippen LogP contribution in [0.3, 0.4) is 0 Å². The fraction of sp³-hybridized carbons (Fsp3) is 0.667. The second kappa shape index (κ2) is 2.72. The van der Waals surface area contributed by atoms with Crippen LogP contribution in [0.5, 0.6) is 0 Å². The van der Waals surface area contributed by atoms with Crippen molar-refractivity contribution < 1.29 is 9.59 Å². The molecule has 2 amide bonds. The molecule has 0 aromatic rings. The summed E-state index contributed by atoms with van der Waals surface area (Å²) in [6.07, 6.45) is 0. The van der Waals surface area contributed by atoms with E-state index in [1.165, 1.54) is 13.8 Å². The van der Waals surface area contributed by atoms with Gasteiger partial charge < -0.3 is 0 Å². The van der Waals surface area contributed by atoms with E-state index in [4.69, 9.17) is 11.7 Å². The molecule has 2 atom stereocenters. The van der Waals surface area contributed by atoms with Gasteiger partial charge in [-0.15, -0.1) is 0 Å². The third-order valence-corrected chi connectivity index (χ3v) is 2.06. The summed E-state index contributed by atoms with van der Waals surface area (Å²) in [4.78, 5) is 22.4. The van der Waals surface area contributed by atoms with Gasteiger partial charge in [0.05, 0.1) is 0 Å². The van der Waals surface area contributed by atoms with Gasteiger partial charge in [0.25, 0.3) is 11.8 Å². The zero-order valence-corrected chi connectivity index (χ0v) is 7.02. The maximum Gasteiger partial charge on any atom is 0.261 e. The Morgan fingerprint density at radius 1 is 1.00 bits per heavy atom. The van der Waals surface area contributed by atoms with Crippen molar-refractivity contribution in [2.45, 2.75) is 25.9 Å². The Bertz CT molecular complexity index is 186. The van der Waals surface area contributed by atoms with E-state index in [-0.39, 0.29) is 11.8 Å². The number of nitrogens with two attached hydrogens (primary N) is 2. The van der Waals surface area contributed by atoms with Gasteiger partial charge in [0.2, 0.25) is 0 Å². The second-order valence-electron chi connectivity index (χ2n) is 2.84. The summed E-state index contributed by atoms with van der Waals surface area (Å²) in [7, 11) is 0. The van der Waals surface area contributed by atoms with E-state index >= 15 is 0 Å². The van der Waals surface area contributed by atoms with Crippen molar-refractivity contribution in [1.82, 2.24) is 10.0 Å². The molecule has 6 nitrogen and oxygen atoms in total. The van der Waals surface area contributed by atoms with Crippen LogP contribution >= 0.6 is 0 Å². The van der Waals surface area contributed by atoms with Crippen molar-refractivity contribution in [1.29, 1.82) is 0 Å². The highest BCUT2D eigenvalue weighted by atomic mass is 16.2. The number of hydrogen-bond acceptors (Lipinski definition) is 4. The van der Waals surface area contributed by atoms with Crippen molar-refractivity contribution in [2.75, 3.05) is 0 Å². The first-order chi connectivity index (χ1) is 5.46. The molecule has 1 fully saturated rings. The number of piperazine rings is 1. The molecule has 1 aliphatic heterocycles. The van der Waals surface area contributed by atoms with Crippen LogP contribution in [0.2, 0.25) is 0 Å². The Morgan fingerprint density at radius 3 is 1.50 bits per heavy atom. The molecule has 0 saturated carbocycles. The molecule has 4 N–H and O–H groups in total. The largest absolute Gasteiger partial charge is 0.271 e. The molecule has 0 aromatic heterocycles. The van der Waals surface area contributed by atoms with Crippen LogP contribution in [0, 0.1) is 0 Å². The topological polar surface area (TPSA) is 92.7 Å². The average molecular weight is 172 g/mol. The van der Waals surface area contributed by atoms with E-state index in [2.05, 4.69) is 0 Å². The molecule has 1 saturated heterocycles. The highest BCUT2D eigenvalue weighted by Crippen LogP contribution is 2.10. The SMILES string of the molecule is CC1C(=O)N(N)C(C)C(=O)N1N. The van der Waals surface area contributed by atoms with Crippen LogP contribution in [0.15, 0.2) is 0 Å². The van der Waals surface area contributed by atoms with Crippen LogP contribution in [0.25, 0.3) is 0 Å². The standard InChI is InChI=1S/C6H12N4O2/c1-3-5(11)10(8)4(2)6(12)9(3)7/h3-4H,7-8H2,1-2H3. The Balaban J connectivity index is 2.91. The summed E-state index contributed by atoms with van der Waals surface area (Å²) in [6.45, 7) is 3.07. The highest BCUT2D eigenvalue weighted by Gasteiger charge is 2.39. The lowest BCUT2D eigenvalue weighted by Gasteiger charge is -2.37. The Hall–Kier alpha value is -1.14. The molecule has 1 aliphatic rings. The summed E-state index contributed by atoms with van der Waals surface area (Å²) < 4.78 is 0. The summed E-state index contributed by atoms with van der Waals surface area (Å²) in [6, 6.07) is -1.34. The predicted octanol–water partition coefficient (Wildman–Crippen LogP) is -1.82. The van der Waals surface area contributed by atoms with Crippen molar-refractivity contribution in [3.8, 4) is 0 Å². The number of rotatable bonds is 0. The summed E-state index contributed by atoms with van der Waals surface area (Å²) in [5, 5.41) is 1.83. The maximum atomic E-state index is 11.2. The molecule has 0 radical (unpaired) electrons. The van der Waals surface area contributed by atoms with Gasteiger partial charge in [0.15, 0.2) is 0 Å². The first-order valence-electron chi connectivity index (χ1n) is 3.62. The number of carbonyl (C=O) groups excluding carboxylic acids is 2. The Kier molecular flexibility index (Phi) is 2.03. The molecule has 68 valence electrons. The monoisotopic (exact) mass is 172 g/mol. The van der Waals surface area contributed by atoms with Crippen molar-refractivity contribution in [3.05, 3.63) is 0 Å². The number of carbonyl (C=O) groups is 2. The number of hydrogen-bond donors (Lipinski definition) is 2. The van der Waals surface area contributed by atoms with E-state index < -0.39 is 12.1 Å². The predicted molar refractivity (Wildman–Crippen MR) is 41.0 cm³/mol. The van der Waals surface area contributed by atoms with Crippen molar-refractivity contribution in [3.63, 3.8) is 0 Å². The first kappa shape index (κ1) is 8.95. The molecule has 2 unspecified atom stereocenters. The van der Waals surface area contributed by atoms with Crippen molar-refractivity contribution in [2.24, 2.45) is 11.7 Å².